The molecule has 7 nitrogen and oxygen atoms in total. The minimum Gasteiger partial charge on any atom is -0.381 e. The monoisotopic (exact) mass is 476 g/mol. The zero-order valence-corrected chi connectivity index (χ0v) is 17.8. The Morgan fingerprint density at radius 3 is 2.58 bits per heavy atom. The molecule has 1 aromatic carbocycles. The lowest BCUT2D eigenvalue weighted by Crippen LogP contribution is -2.40. The van der Waals surface area contributed by atoms with Crippen molar-refractivity contribution >= 4 is 35.6 Å². The second-order valence-corrected chi connectivity index (χ2v) is 6.36. The van der Waals surface area contributed by atoms with Gasteiger partial charge in [-0.25, -0.2) is 4.99 Å². The van der Waals surface area contributed by atoms with Gasteiger partial charge in [0.05, 0.1) is 11.5 Å². The minimum absolute atomic E-state index is 0. The average Bonchev–Trinajstić information content (AvgIpc) is 2.64. The fraction of sp³-hybridized carbons (Fsp3) is 0.611. The van der Waals surface area contributed by atoms with Gasteiger partial charge in [-0.15, -0.1) is 24.0 Å². The molecule has 0 saturated carbocycles. The fourth-order valence-electron chi connectivity index (χ4n) is 2.88. The summed E-state index contributed by atoms with van der Waals surface area (Å²) in [6.07, 6.45) is 3.43. The molecule has 1 aliphatic rings. The van der Waals surface area contributed by atoms with Gasteiger partial charge >= 0.3 is 0 Å². The summed E-state index contributed by atoms with van der Waals surface area (Å²) in [4.78, 5) is 17.1. The predicted octanol–water partition coefficient (Wildman–Crippen LogP) is 3.43. The summed E-state index contributed by atoms with van der Waals surface area (Å²) in [6, 6.07) is 6.56. The number of ether oxygens (including phenoxy) is 1. The maximum absolute atomic E-state index is 10.7. The lowest BCUT2D eigenvalue weighted by atomic mass is 9.96. The molecule has 8 heteroatoms. The lowest BCUT2D eigenvalue weighted by Gasteiger charge is -2.26. The second kappa shape index (κ2) is 12.1. The van der Waals surface area contributed by atoms with Crippen LogP contribution in [0.1, 0.15) is 31.7 Å². The zero-order valence-electron chi connectivity index (χ0n) is 15.5. The molecule has 1 heterocycles. The van der Waals surface area contributed by atoms with E-state index in [4.69, 9.17) is 4.74 Å². The van der Waals surface area contributed by atoms with Crippen LogP contribution in [0.3, 0.4) is 0 Å². The minimum atomic E-state index is -0.388. The third-order valence-electron chi connectivity index (χ3n) is 4.47. The summed E-state index contributed by atoms with van der Waals surface area (Å²) in [5.41, 5.74) is 1.06. The number of nitrogens with one attached hydrogen (secondary N) is 1. The van der Waals surface area contributed by atoms with Crippen LogP contribution in [-0.2, 0) is 11.3 Å². The molecular weight excluding hydrogens is 447 g/mol. The van der Waals surface area contributed by atoms with E-state index in [9.17, 15) is 10.1 Å². The van der Waals surface area contributed by atoms with Crippen molar-refractivity contribution in [1.82, 2.24) is 10.2 Å². The molecule has 0 unspecified atom stereocenters. The Bertz CT molecular complexity index is 574. The highest BCUT2D eigenvalue weighted by Crippen LogP contribution is 2.18. The number of nitrogens with zero attached hydrogens (tertiary/aromatic N) is 3. The molecule has 1 fully saturated rings. The van der Waals surface area contributed by atoms with Crippen molar-refractivity contribution in [2.75, 3.05) is 33.4 Å². The van der Waals surface area contributed by atoms with Crippen LogP contribution in [-0.4, -0.2) is 49.1 Å². The van der Waals surface area contributed by atoms with E-state index in [1.165, 1.54) is 12.1 Å². The van der Waals surface area contributed by atoms with Gasteiger partial charge in [-0.05, 0) is 37.7 Å². The number of benzene rings is 1. The van der Waals surface area contributed by atoms with Crippen molar-refractivity contribution in [3.05, 3.63) is 39.9 Å². The Balaban J connectivity index is 0.00000338. The van der Waals surface area contributed by atoms with Gasteiger partial charge in [0.1, 0.15) is 0 Å². The number of nitro benzene ring substituents is 1. The number of halogens is 1. The highest BCUT2D eigenvalue weighted by Gasteiger charge is 2.15. The number of rotatable bonds is 7. The molecule has 0 aromatic heterocycles. The first kappa shape index (κ1) is 22.6. The molecule has 0 amide bonds. The number of hydrogen-bond acceptors (Lipinski definition) is 4. The van der Waals surface area contributed by atoms with Gasteiger partial charge in [0.25, 0.3) is 5.69 Å². The largest absolute Gasteiger partial charge is 0.381 e. The molecule has 1 saturated heterocycles. The van der Waals surface area contributed by atoms with Crippen LogP contribution in [0.5, 0.6) is 0 Å². The number of hydrogen-bond donors (Lipinski definition) is 1. The standard InChI is InChI=1S/C18H28N4O3.HI/c1-3-19-18(21(2)11-8-15-9-12-25-13-10-15)20-14-16-4-6-17(7-5-16)22(23)24;/h4-7,15H,3,8-14H2,1-2H3,(H,19,20);1H. The zero-order chi connectivity index (χ0) is 18.1. The van der Waals surface area contributed by atoms with Crippen LogP contribution in [0.15, 0.2) is 29.3 Å². The normalized spacial score (nSPS) is 15.2. The van der Waals surface area contributed by atoms with Crippen LogP contribution in [0.4, 0.5) is 5.69 Å². The molecular formula is C18H29IN4O3. The van der Waals surface area contributed by atoms with Crippen LogP contribution >= 0.6 is 24.0 Å². The van der Waals surface area contributed by atoms with E-state index >= 15 is 0 Å². The molecule has 26 heavy (non-hydrogen) atoms. The molecule has 0 atom stereocenters. The predicted molar refractivity (Wildman–Crippen MR) is 114 cm³/mol. The lowest BCUT2D eigenvalue weighted by molar-refractivity contribution is -0.384. The first-order chi connectivity index (χ1) is 12.1. The van der Waals surface area contributed by atoms with Crippen LogP contribution in [0.25, 0.3) is 0 Å². The first-order valence-electron chi connectivity index (χ1n) is 8.90. The third kappa shape index (κ3) is 7.45. The van der Waals surface area contributed by atoms with Gasteiger partial charge in [0.15, 0.2) is 5.96 Å². The van der Waals surface area contributed by atoms with Crippen molar-refractivity contribution in [3.63, 3.8) is 0 Å². The maximum Gasteiger partial charge on any atom is 0.269 e. The maximum atomic E-state index is 10.7. The van der Waals surface area contributed by atoms with Crippen molar-refractivity contribution in [2.45, 2.75) is 32.7 Å². The average molecular weight is 476 g/mol. The summed E-state index contributed by atoms with van der Waals surface area (Å²) in [7, 11) is 2.05. The summed E-state index contributed by atoms with van der Waals surface area (Å²) < 4.78 is 5.41. The van der Waals surface area contributed by atoms with Crippen molar-refractivity contribution < 1.29 is 9.66 Å². The van der Waals surface area contributed by atoms with Crippen LogP contribution < -0.4 is 5.32 Å². The Labute approximate surface area is 172 Å². The van der Waals surface area contributed by atoms with Crippen LogP contribution in [0, 0.1) is 16.0 Å². The van der Waals surface area contributed by atoms with Gasteiger partial charge < -0.3 is 15.0 Å². The molecule has 0 spiro atoms. The van der Waals surface area contributed by atoms with E-state index in [-0.39, 0.29) is 34.6 Å². The van der Waals surface area contributed by atoms with E-state index in [1.54, 1.807) is 12.1 Å². The molecule has 0 bridgehead atoms. The van der Waals surface area contributed by atoms with E-state index in [0.29, 0.717) is 6.54 Å². The van der Waals surface area contributed by atoms with Crippen LogP contribution in [0.2, 0.25) is 0 Å². The SMILES string of the molecule is CCNC(=NCc1ccc([N+](=O)[O-])cc1)N(C)CCC1CCOCC1.I. The Morgan fingerprint density at radius 2 is 2.00 bits per heavy atom. The van der Waals surface area contributed by atoms with Gasteiger partial charge in [-0.1, -0.05) is 12.1 Å². The van der Waals surface area contributed by atoms with Gasteiger partial charge in [0, 0.05) is 45.5 Å². The molecule has 1 N–H and O–H groups in total. The third-order valence-corrected chi connectivity index (χ3v) is 4.47. The topological polar surface area (TPSA) is 80.0 Å². The molecule has 0 aliphatic carbocycles. The Morgan fingerprint density at radius 1 is 1.35 bits per heavy atom. The smallest absolute Gasteiger partial charge is 0.269 e. The van der Waals surface area contributed by atoms with Crippen molar-refractivity contribution in [1.29, 1.82) is 0 Å². The number of non-ortho nitro benzene ring substituents is 1. The van der Waals surface area contributed by atoms with Gasteiger partial charge in [0.2, 0.25) is 0 Å². The van der Waals surface area contributed by atoms with Crippen molar-refractivity contribution in [3.8, 4) is 0 Å². The first-order valence-corrected chi connectivity index (χ1v) is 8.90. The Kier molecular flexibility index (Phi) is 10.5. The quantitative estimate of drug-likeness (QED) is 0.215. The highest BCUT2D eigenvalue weighted by atomic mass is 127. The van der Waals surface area contributed by atoms with Gasteiger partial charge in [-0.3, -0.25) is 10.1 Å². The molecule has 0 radical (unpaired) electrons. The van der Waals surface area contributed by atoms with E-state index < -0.39 is 0 Å². The van der Waals surface area contributed by atoms with E-state index in [1.807, 2.05) is 6.92 Å². The van der Waals surface area contributed by atoms with E-state index in [2.05, 4.69) is 22.3 Å². The molecule has 2 rings (SSSR count). The number of guanidine groups is 1. The summed E-state index contributed by atoms with van der Waals surface area (Å²) in [5, 5.41) is 14.0. The summed E-state index contributed by atoms with van der Waals surface area (Å²) >= 11 is 0. The Hall–Kier alpha value is -1.42. The highest BCUT2D eigenvalue weighted by molar-refractivity contribution is 14.0. The van der Waals surface area contributed by atoms with Gasteiger partial charge in [-0.2, -0.15) is 0 Å². The number of aliphatic imine (C=N–C) groups is 1. The fourth-order valence-corrected chi connectivity index (χ4v) is 2.88. The summed E-state index contributed by atoms with van der Waals surface area (Å²) in [5.74, 6) is 1.60. The van der Waals surface area contributed by atoms with E-state index in [0.717, 1.165) is 63.0 Å². The molecule has 1 aromatic rings. The molecule has 1 aliphatic heterocycles. The summed E-state index contributed by atoms with van der Waals surface area (Å²) in [6.45, 7) is 6.07. The number of nitro groups is 1. The van der Waals surface area contributed by atoms with Crippen molar-refractivity contribution in [2.24, 2.45) is 10.9 Å². The second-order valence-electron chi connectivity index (χ2n) is 6.36. The molecule has 146 valence electrons.